The van der Waals surface area contributed by atoms with Crippen molar-refractivity contribution in [2.45, 2.75) is 23.5 Å². The number of sulfone groups is 1. The van der Waals surface area contributed by atoms with Crippen LogP contribution in [0.5, 0.6) is 0 Å². The molecule has 26 heavy (non-hydrogen) atoms. The van der Waals surface area contributed by atoms with E-state index in [0.29, 0.717) is 31.1 Å². The summed E-state index contributed by atoms with van der Waals surface area (Å²) in [5, 5.41) is 0. The standard InChI is InChI=1S/C18H22N2O4S.ClH/c19-12-14-6-9-20(10-7-14)18(21)17-15(8-11-24-17)13-25(22,23)16-4-2-1-3-5-16;/h1-5,8,11,14H,6-7,9-10,12-13,19H2;1H. The summed E-state index contributed by atoms with van der Waals surface area (Å²) in [4.78, 5) is 14.7. The monoisotopic (exact) mass is 398 g/mol. The third-order valence-electron chi connectivity index (χ3n) is 4.62. The first-order valence-electron chi connectivity index (χ1n) is 8.35. The van der Waals surface area contributed by atoms with Crippen LogP contribution in [0.3, 0.4) is 0 Å². The van der Waals surface area contributed by atoms with Gasteiger partial charge < -0.3 is 15.1 Å². The molecule has 142 valence electrons. The summed E-state index contributed by atoms with van der Waals surface area (Å²) in [5.74, 6) is 0.0523. The van der Waals surface area contributed by atoms with Gasteiger partial charge in [0, 0.05) is 18.7 Å². The summed E-state index contributed by atoms with van der Waals surface area (Å²) >= 11 is 0. The molecule has 2 heterocycles. The number of amides is 1. The molecule has 8 heteroatoms. The molecule has 1 aliphatic heterocycles. The molecule has 0 spiro atoms. The van der Waals surface area contributed by atoms with Crippen LogP contribution in [0, 0.1) is 5.92 Å². The topological polar surface area (TPSA) is 93.6 Å². The van der Waals surface area contributed by atoms with E-state index in [1.54, 1.807) is 41.3 Å². The first-order valence-corrected chi connectivity index (χ1v) is 10.00. The summed E-state index contributed by atoms with van der Waals surface area (Å²) < 4.78 is 30.4. The Balaban J connectivity index is 0.00000243. The van der Waals surface area contributed by atoms with E-state index in [1.807, 2.05) is 0 Å². The van der Waals surface area contributed by atoms with E-state index < -0.39 is 9.84 Å². The quantitative estimate of drug-likeness (QED) is 0.835. The second kappa shape index (κ2) is 8.70. The number of carbonyl (C=O) groups is 1. The van der Waals surface area contributed by atoms with Crippen molar-refractivity contribution in [1.29, 1.82) is 0 Å². The Hall–Kier alpha value is -1.83. The lowest BCUT2D eigenvalue weighted by molar-refractivity contribution is 0.0660. The number of hydrogen-bond acceptors (Lipinski definition) is 5. The number of hydrogen-bond donors (Lipinski definition) is 1. The normalized spacial score (nSPS) is 15.5. The summed E-state index contributed by atoms with van der Waals surface area (Å²) in [7, 11) is -3.53. The van der Waals surface area contributed by atoms with Crippen molar-refractivity contribution < 1.29 is 17.6 Å². The van der Waals surface area contributed by atoms with E-state index in [2.05, 4.69) is 0 Å². The smallest absolute Gasteiger partial charge is 0.289 e. The van der Waals surface area contributed by atoms with E-state index in [1.165, 1.54) is 6.26 Å². The fraction of sp³-hybridized carbons (Fsp3) is 0.389. The molecule has 0 bridgehead atoms. The molecule has 0 radical (unpaired) electrons. The third-order valence-corrected chi connectivity index (χ3v) is 6.31. The van der Waals surface area contributed by atoms with Gasteiger partial charge in [0.25, 0.3) is 5.91 Å². The number of piperidine rings is 1. The Kier molecular flexibility index (Phi) is 6.86. The Morgan fingerprint density at radius 3 is 2.42 bits per heavy atom. The van der Waals surface area contributed by atoms with Crippen LogP contribution < -0.4 is 5.73 Å². The van der Waals surface area contributed by atoms with Gasteiger partial charge in [-0.3, -0.25) is 4.79 Å². The predicted octanol–water partition coefficient (Wildman–Crippen LogP) is 2.49. The van der Waals surface area contributed by atoms with E-state index in [-0.39, 0.29) is 34.7 Å². The summed E-state index contributed by atoms with van der Waals surface area (Å²) in [6.07, 6.45) is 3.09. The van der Waals surface area contributed by atoms with Gasteiger partial charge in [-0.2, -0.15) is 0 Å². The van der Waals surface area contributed by atoms with E-state index in [4.69, 9.17) is 10.2 Å². The van der Waals surface area contributed by atoms with Gasteiger partial charge in [0.05, 0.1) is 16.9 Å². The molecule has 1 fully saturated rings. The van der Waals surface area contributed by atoms with Gasteiger partial charge in [0.1, 0.15) is 0 Å². The van der Waals surface area contributed by atoms with Crippen LogP contribution in [0.4, 0.5) is 0 Å². The summed E-state index contributed by atoms with van der Waals surface area (Å²) in [6.45, 7) is 1.86. The Morgan fingerprint density at radius 2 is 1.81 bits per heavy atom. The first-order chi connectivity index (χ1) is 12.0. The maximum Gasteiger partial charge on any atom is 0.289 e. The zero-order valence-electron chi connectivity index (χ0n) is 14.3. The average Bonchev–Trinajstić information content (AvgIpc) is 3.09. The van der Waals surface area contributed by atoms with E-state index in [0.717, 1.165) is 12.8 Å². The maximum atomic E-state index is 12.7. The number of furan rings is 1. The molecule has 3 rings (SSSR count). The van der Waals surface area contributed by atoms with Gasteiger partial charge >= 0.3 is 0 Å². The Morgan fingerprint density at radius 1 is 1.15 bits per heavy atom. The van der Waals surface area contributed by atoms with Crippen LogP contribution in [0.25, 0.3) is 0 Å². The summed E-state index contributed by atoms with van der Waals surface area (Å²) in [5.41, 5.74) is 6.08. The minimum atomic E-state index is -3.53. The lowest BCUT2D eigenvalue weighted by Gasteiger charge is -2.31. The highest BCUT2D eigenvalue weighted by molar-refractivity contribution is 7.90. The number of nitrogens with zero attached hydrogens (tertiary/aromatic N) is 1. The van der Waals surface area contributed by atoms with Crippen LogP contribution in [-0.4, -0.2) is 38.9 Å². The number of likely N-dealkylation sites (tertiary alicyclic amines) is 1. The molecule has 1 aromatic heterocycles. The van der Waals surface area contributed by atoms with Crippen molar-refractivity contribution >= 4 is 28.2 Å². The van der Waals surface area contributed by atoms with Crippen molar-refractivity contribution in [3.05, 3.63) is 54.0 Å². The number of rotatable bonds is 5. The lowest BCUT2D eigenvalue weighted by atomic mass is 9.97. The minimum Gasteiger partial charge on any atom is -0.459 e. The molecule has 0 atom stereocenters. The minimum absolute atomic E-state index is 0. The maximum absolute atomic E-state index is 12.7. The largest absolute Gasteiger partial charge is 0.459 e. The van der Waals surface area contributed by atoms with Crippen LogP contribution in [-0.2, 0) is 15.6 Å². The van der Waals surface area contributed by atoms with Gasteiger partial charge in [-0.25, -0.2) is 8.42 Å². The highest BCUT2D eigenvalue weighted by atomic mass is 35.5. The fourth-order valence-electron chi connectivity index (χ4n) is 3.07. The van der Waals surface area contributed by atoms with Gasteiger partial charge in [-0.05, 0) is 43.5 Å². The molecule has 1 aliphatic rings. The molecule has 2 aromatic rings. The molecular formula is C18H23ClN2O4S. The second-order valence-corrected chi connectivity index (χ2v) is 8.31. The molecule has 2 N–H and O–H groups in total. The van der Waals surface area contributed by atoms with Crippen molar-refractivity contribution in [1.82, 2.24) is 4.90 Å². The number of halogens is 1. The van der Waals surface area contributed by atoms with Crippen LogP contribution in [0.15, 0.2) is 52.0 Å². The zero-order chi connectivity index (χ0) is 17.9. The van der Waals surface area contributed by atoms with Gasteiger partial charge in [-0.15, -0.1) is 12.4 Å². The molecule has 6 nitrogen and oxygen atoms in total. The first kappa shape index (κ1) is 20.5. The lowest BCUT2D eigenvalue weighted by Crippen LogP contribution is -2.40. The molecule has 0 saturated carbocycles. The summed E-state index contributed by atoms with van der Waals surface area (Å²) in [6, 6.07) is 9.77. The van der Waals surface area contributed by atoms with Crippen molar-refractivity contribution in [3.8, 4) is 0 Å². The molecule has 0 aliphatic carbocycles. The number of carbonyl (C=O) groups excluding carboxylic acids is 1. The van der Waals surface area contributed by atoms with E-state index >= 15 is 0 Å². The van der Waals surface area contributed by atoms with Crippen LogP contribution in [0.1, 0.15) is 29.0 Å². The Labute approximate surface area is 159 Å². The third kappa shape index (κ3) is 4.47. The highest BCUT2D eigenvalue weighted by Gasteiger charge is 2.28. The van der Waals surface area contributed by atoms with Crippen molar-refractivity contribution in [3.63, 3.8) is 0 Å². The molecule has 1 amide bonds. The molecular weight excluding hydrogens is 376 g/mol. The van der Waals surface area contributed by atoms with Gasteiger partial charge in [-0.1, -0.05) is 18.2 Å². The number of benzene rings is 1. The van der Waals surface area contributed by atoms with Crippen molar-refractivity contribution in [2.24, 2.45) is 11.7 Å². The second-order valence-electron chi connectivity index (χ2n) is 6.32. The SMILES string of the molecule is Cl.NCC1CCN(C(=O)c2occc2CS(=O)(=O)c2ccccc2)CC1. The fourth-order valence-corrected chi connectivity index (χ4v) is 4.44. The van der Waals surface area contributed by atoms with Crippen LogP contribution in [0.2, 0.25) is 0 Å². The number of nitrogens with two attached hydrogens (primary N) is 1. The van der Waals surface area contributed by atoms with Crippen molar-refractivity contribution in [2.75, 3.05) is 19.6 Å². The van der Waals surface area contributed by atoms with Gasteiger partial charge in [0.2, 0.25) is 0 Å². The average molecular weight is 399 g/mol. The molecule has 1 aromatic carbocycles. The molecule has 0 unspecified atom stereocenters. The van der Waals surface area contributed by atoms with E-state index in [9.17, 15) is 13.2 Å². The highest BCUT2D eigenvalue weighted by Crippen LogP contribution is 2.23. The zero-order valence-corrected chi connectivity index (χ0v) is 16.0. The molecule has 1 saturated heterocycles. The van der Waals surface area contributed by atoms with Crippen LogP contribution >= 0.6 is 12.4 Å². The Bertz CT molecular complexity index is 828. The van der Waals surface area contributed by atoms with Gasteiger partial charge in [0.15, 0.2) is 15.6 Å². The predicted molar refractivity (Wildman–Crippen MR) is 101 cm³/mol.